The van der Waals surface area contributed by atoms with Crippen LogP contribution in [-0.2, 0) is 6.42 Å². The van der Waals surface area contributed by atoms with Crippen LogP contribution < -0.4 is 4.90 Å². The largest absolute Gasteiger partial charge is 0.355 e. The van der Waals surface area contributed by atoms with E-state index in [-0.39, 0.29) is 0 Å². The highest BCUT2D eigenvalue weighted by molar-refractivity contribution is 14.1. The Morgan fingerprint density at radius 2 is 1.65 bits per heavy atom. The van der Waals surface area contributed by atoms with E-state index in [0.717, 1.165) is 13.0 Å². The molecule has 1 aliphatic rings. The maximum absolute atomic E-state index is 2.54. The Balaban J connectivity index is 1.97. The van der Waals surface area contributed by atoms with Crippen LogP contribution in [0.2, 0.25) is 0 Å². The molecule has 0 spiro atoms. The molecule has 1 nitrogen and oxygen atoms in total. The van der Waals surface area contributed by atoms with Crippen LogP contribution in [0.4, 0.5) is 5.69 Å². The number of rotatable bonds is 1. The number of alkyl halides is 1. The Bertz CT molecular complexity index is 509. The Kier molecular flexibility index (Phi) is 3.05. The Morgan fingerprint density at radius 3 is 2.47 bits per heavy atom. The van der Waals surface area contributed by atoms with Gasteiger partial charge in [-0.1, -0.05) is 65.1 Å². The van der Waals surface area contributed by atoms with Gasteiger partial charge in [0.2, 0.25) is 0 Å². The molecule has 17 heavy (non-hydrogen) atoms. The van der Waals surface area contributed by atoms with Crippen molar-refractivity contribution < 1.29 is 0 Å². The number of nitrogens with zero attached hydrogens (tertiary/aromatic N) is 1. The fourth-order valence-electron chi connectivity index (χ4n) is 2.40. The van der Waals surface area contributed by atoms with Crippen molar-refractivity contribution in [3.63, 3.8) is 0 Å². The summed E-state index contributed by atoms with van der Waals surface area (Å²) in [4.78, 5) is 2.48. The number of benzene rings is 2. The number of anilines is 1. The van der Waals surface area contributed by atoms with Gasteiger partial charge >= 0.3 is 0 Å². The van der Waals surface area contributed by atoms with Crippen molar-refractivity contribution in [1.82, 2.24) is 0 Å². The van der Waals surface area contributed by atoms with Crippen LogP contribution in [0.25, 0.3) is 0 Å². The first-order chi connectivity index (χ1) is 8.36. The summed E-state index contributed by atoms with van der Waals surface area (Å²) in [7, 11) is 0. The second kappa shape index (κ2) is 4.69. The number of para-hydroxylation sites is 1. The summed E-state index contributed by atoms with van der Waals surface area (Å²) < 4.78 is 0.444. The Hall–Kier alpha value is -1.03. The van der Waals surface area contributed by atoms with Crippen molar-refractivity contribution in [2.75, 3.05) is 11.4 Å². The minimum absolute atomic E-state index is 0.444. The molecule has 0 saturated heterocycles. The van der Waals surface area contributed by atoms with Gasteiger partial charge < -0.3 is 4.90 Å². The maximum Gasteiger partial charge on any atom is 0.106 e. The van der Waals surface area contributed by atoms with Crippen molar-refractivity contribution in [3.05, 3.63) is 65.7 Å². The van der Waals surface area contributed by atoms with Crippen molar-refractivity contribution in [2.45, 2.75) is 10.5 Å². The SMILES string of the molecule is I[C@H]1c2ccccc2CCN1c1ccccc1. The molecule has 3 rings (SSSR count). The van der Waals surface area contributed by atoms with Crippen LogP contribution in [0.1, 0.15) is 15.2 Å². The average molecular weight is 335 g/mol. The van der Waals surface area contributed by atoms with Gasteiger partial charge in [-0.05, 0) is 29.7 Å². The molecule has 2 aromatic carbocycles. The molecule has 1 atom stereocenters. The van der Waals surface area contributed by atoms with Gasteiger partial charge in [-0.2, -0.15) is 0 Å². The highest BCUT2D eigenvalue weighted by Gasteiger charge is 2.24. The lowest BCUT2D eigenvalue weighted by Gasteiger charge is -2.35. The molecule has 0 fully saturated rings. The van der Waals surface area contributed by atoms with Crippen LogP contribution in [0, 0.1) is 0 Å². The van der Waals surface area contributed by atoms with Crippen LogP contribution in [0.15, 0.2) is 54.6 Å². The van der Waals surface area contributed by atoms with Crippen molar-refractivity contribution >= 4 is 28.3 Å². The molecule has 0 aliphatic carbocycles. The fraction of sp³-hybridized carbons (Fsp3) is 0.200. The summed E-state index contributed by atoms with van der Waals surface area (Å²) in [6.45, 7) is 1.11. The van der Waals surface area contributed by atoms with Gasteiger partial charge in [0.25, 0.3) is 0 Å². The second-order valence-corrected chi connectivity index (χ2v) is 5.49. The number of halogens is 1. The standard InChI is InChI=1S/C15H14IN/c16-15-14-9-5-4-6-12(14)10-11-17(15)13-7-2-1-3-8-13/h1-9,15H,10-11H2/t15-/m1/s1. The molecular weight excluding hydrogens is 321 g/mol. The molecule has 0 saturated carbocycles. The van der Waals surface area contributed by atoms with Crippen LogP contribution in [-0.4, -0.2) is 6.54 Å². The van der Waals surface area contributed by atoms with Gasteiger partial charge in [-0.15, -0.1) is 0 Å². The van der Waals surface area contributed by atoms with Crippen molar-refractivity contribution in [2.24, 2.45) is 0 Å². The van der Waals surface area contributed by atoms with Crippen molar-refractivity contribution in [3.8, 4) is 0 Å². The topological polar surface area (TPSA) is 3.24 Å². The minimum atomic E-state index is 0.444. The van der Waals surface area contributed by atoms with Gasteiger partial charge in [0.05, 0.1) is 0 Å². The molecule has 1 heterocycles. The van der Waals surface area contributed by atoms with Crippen LogP contribution >= 0.6 is 22.6 Å². The molecule has 0 bridgehead atoms. The number of hydrogen-bond acceptors (Lipinski definition) is 1. The van der Waals surface area contributed by atoms with Gasteiger partial charge in [0, 0.05) is 12.2 Å². The monoisotopic (exact) mass is 335 g/mol. The summed E-state index contributed by atoms with van der Waals surface area (Å²) in [6, 6.07) is 19.5. The van der Waals surface area contributed by atoms with E-state index in [1.54, 1.807) is 0 Å². The highest BCUT2D eigenvalue weighted by atomic mass is 127. The normalized spacial score (nSPS) is 18.9. The smallest absolute Gasteiger partial charge is 0.106 e. The first-order valence-corrected chi connectivity index (χ1v) is 7.14. The minimum Gasteiger partial charge on any atom is -0.355 e. The lowest BCUT2D eigenvalue weighted by molar-refractivity contribution is 0.735. The fourth-order valence-corrected chi connectivity index (χ4v) is 3.60. The Morgan fingerprint density at radius 1 is 0.941 bits per heavy atom. The lowest BCUT2D eigenvalue weighted by atomic mass is 9.99. The van der Waals surface area contributed by atoms with E-state index in [0.29, 0.717) is 4.05 Å². The summed E-state index contributed by atoms with van der Waals surface area (Å²) in [5.41, 5.74) is 4.28. The second-order valence-electron chi connectivity index (χ2n) is 4.31. The van der Waals surface area contributed by atoms with E-state index < -0.39 is 0 Å². The van der Waals surface area contributed by atoms with Gasteiger partial charge in [0.15, 0.2) is 0 Å². The molecule has 0 aromatic heterocycles. The molecule has 0 unspecified atom stereocenters. The molecule has 2 aromatic rings. The summed E-state index contributed by atoms with van der Waals surface area (Å²) in [6.07, 6.45) is 1.14. The first kappa shape index (κ1) is 11.1. The molecule has 86 valence electrons. The molecule has 0 N–H and O–H groups in total. The van der Waals surface area contributed by atoms with Crippen LogP contribution in [0.3, 0.4) is 0 Å². The third-order valence-electron chi connectivity index (χ3n) is 3.30. The predicted molar refractivity (Wildman–Crippen MR) is 80.7 cm³/mol. The molecule has 0 amide bonds. The van der Waals surface area contributed by atoms with Gasteiger partial charge in [-0.3, -0.25) is 0 Å². The molecule has 2 heteroatoms. The van der Waals surface area contributed by atoms with E-state index >= 15 is 0 Å². The van der Waals surface area contributed by atoms with Gasteiger partial charge in [-0.25, -0.2) is 0 Å². The van der Waals surface area contributed by atoms with E-state index in [1.807, 2.05) is 0 Å². The molecule has 0 radical (unpaired) electrons. The van der Waals surface area contributed by atoms with Crippen molar-refractivity contribution in [1.29, 1.82) is 0 Å². The van der Waals surface area contributed by atoms with E-state index in [1.165, 1.54) is 16.8 Å². The zero-order valence-corrected chi connectivity index (χ0v) is 11.7. The molecular formula is C15H14IN. The quantitative estimate of drug-likeness (QED) is 0.429. The zero-order valence-electron chi connectivity index (χ0n) is 9.51. The predicted octanol–water partition coefficient (Wildman–Crippen LogP) is 4.18. The number of hydrogen-bond donors (Lipinski definition) is 0. The third kappa shape index (κ3) is 2.06. The zero-order chi connectivity index (χ0) is 11.7. The van der Waals surface area contributed by atoms with E-state index in [2.05, 4.69) is 82.1 Å². The molecule has 1 aliphatic heterocycles. The lowest BCUT2D eigenvalue weighted by Crippen LogP contribution is -2.32. The first-order valence-electron chi connectivity index (χ1n) is 5.90. The van der Waals surface area contributed by atoms with Crippen LogP contribution in [0.5, 0.6) is 0 Å². The summed E-state index contributed by atoms with van der Waals surface area (Å²) in [5, 5.41) is 0. The van der Waals surface area contributed by atoms with E-state index in [4.69, 9.17) is 0 Å². The third-order valence-corrected chi connectivity index (χ3v) is 4.64. The maximum atomic E-state index is 2.54. The summed E-state index contributed by atoms with van der Waals surface area (Å²) >= 11 is 2.54. The Labute approximate surface area is 116 Å². The summed E-state index contributed by atoms with van der Waals surface area (Å²) in [5.74, 6) is 0. The van der Waals surface area contributed by atoms with E-state index in [9.17, 15) is 0 Å². The average Bonchev–Trinajstić information content (AvgIpc) is 2.40. The number of fused-ring (bicyclic) bond motifs is 1. The highest BCUT2D eigenvalue weighted by Crippen LogP contribution is 2.37. The van der Waals surface area contributed by atoms with Gasteiger partial charge in [0.1, 0.15) is 4.05 Å².